The second kappa shape index (κ2) is 15.7. The molecule has 1 saturated heterocycles. The third-order valence-electron chi connectivity index (χ3n) is 11.5. The summed E-state index contributed by atoms with van der Waals surface area (Å²) in [6, 6.07) is 16.9. The molecule has 0 bridgehead atoms. The minimum absolute atomic E-state index is 0.00462. The first-order chi connectivity index (χ1) is 27.6. The molecule has 3 aliphatic heterocycles. The molecule has 14 heteroatoms. The average Bonchev–Trinajstić information content (AvgIpc) is 4.06. The Morgan fingerprint density at radius 1 is 0.825 bits per heavy atom. The average molecular weight is 771 g/mol. The molecule has 0 radical (unpaired) electrons. The van der Waals surface area contributed by atoms with E-state index in [2.05, 4.69) is 26.3 Å². The lowest BCUT2D eigenvalue weighted by molar-refractivity contribution is -0.148. The van der Waals surface area contributed by atoms with Gasteiger partial charge in [-0.15, -0.1) is 0 Å². The van der Waals surface area contributed by atoms with E-state index in [1.807, 2.05) is 73.5 Å². The zero-order valence-electron chi connectivity index (χ0n) is 32.5. The summed E-state index contributed by atoms with van der Waals surface area (Å²) in [6.07, 6.45) is 8.21. The van der Waals surface area contributed by atoms with Crippen molar-refractivity contribution in [2.75, 3.05) is 25.7 Å². The third-order valence-corrected chi connectivity index (χ3v) is 11.5. The number of alkyl carbamates (subject to hydrolysis) is 1. The zero-order chi connectivity index (χ0) is 39.8. The number of amides is 3. The number of hydrogen-bond donors (Lipinski definition) is 3. The predicted octanol–water partition coefficient (Wildman–Crippen LogP) is 6.33. The minimum atomic E-state index is -0.705. The van der Waals surface area contributed by atoms with Gasteiger partial charge in [0.15, 0.2) is 0 Å². The largest absolute Gasteiger partial charge is 0.469 e. The number of esters is 1. The van der Waals surface area contributed by atoms with Crippen molar-refractivity contribution in [2.45, 2.75) is 70.5 Å². The van der Waals surface area contributed by atoms with Crippen LogP contribution in [0.15, 0.2) is 73.2 Å². The first-order valence-corrected chi connectivity index (χ1v) is 19.5. The van der Waals surface area contributed by atoms with Gasteiger partial charge in [-0.25, -0.2) is 14.8 Å². The van der Waals surface area contributed by atoms with Crippen LogP contribution >= 0.6 is 0 Å². The molecule has 4 atom stereocenters. The number of H-pyrrole nitrogens is 2. The Kier molecular flexibility index (Phi) is 10.3. The van der Waals surface area contributed by atoms with Gasteiger partial charge in [-0.05, 0) is 60.4 Å². The van der Waals surface area contributed by atoms with E-state index in [1.165, 1.54) is 14.2 Å². The number of pyridine rings is 1. The van der Waals surface area contributed by atoms with Crippen molar-refractivity contribution >= 4 is 29.6 Å². The number of imidazole rings is 2. The number of anilines is 1. The molecule has 0 aliphatic carbocycles. The van der Waals surface area contributed by atoms with E-state index in [9.17, 15) is 19.2 Å². The molecule has 3 aromatic heterocycles. The van der Waals surface area contributed by atoms with Gasteiger partial charge in [0.1, 0.15) is 17.7 Å². The number of hydrogen-bond acceptors (Lipinski definition) is 9. The first-order valence-electron chi connectivity index (χ1n) is 19.5. The summed E-state index contributed by atoms with van der Waals surface area (Å²) in [4.78, 5) is 76.4. The highest BCUT2D eigenvalue weighted by molar-refractivity contribution is 6.02. The predicted molar refractivity (Wildman–Crippen MR) is 212 cm³/mol. The van der Waals surface area contributed by atoms with Gasteiger partial charge in [-0.3, -0.25) is 24.3 Å². The monoisotopic (exact) mass is 770 g/mol. The number of carbonyl (C=O) groups excluding carboxylic acids is 4. The van der Waals surface area contributed by atoms with Gasteiger partial charge in [0.2, 0.25) is 11.8 Å². The minimum Gasteiger partial charge on any atom is -0.469 e. The fourth-order valence-corrected chi connectivity index (χ4v) is 8.43. The summed E-state index contributed by atoms with van der Waals surface area (Å²) in [6.45, 7) is 4.53. The molecule has 0 unspecified atom stereocenters. The Labute approximate surface area is 330 Å². The summed E-state index contributed by atoms with van der Waals surface area (Å²) in [5, 5.41) is 2.73. The number of methoxy groups -OCH3 is 2. The fourth-order valence-electron chi connectivity index (χ4n) is 8.43. The Morgan fingerprint density at radius 2 is 1.51 bits per heavy atom. The molecule has 6 heterocycles. The molecule has 3 aliphatic rings. The number of aromatic nitrogens is 5. The number of nitrogens with one attached hydrogen (secondary N) is 3. The van der Waals surface area contributed by atoms with Gasteiger partial charge in [0.25, 0.3) is 0 Å². The second-order valence-electron chi connectivity index (χ2n) is 15.3. The van der Waals surface area contributed by atoms with E-state index < -0.39 is 18.1 Å². The molecule has 0 spiro atoms. The van der Waals surface area contributed by atoms with Gasteiger partial charge in [0.05, 0.1) is 73.8 Å². The molecule has 57 heavy (non-hydrogen) atoms. The number of aryl methyl sites for hydroxylation is 1. The Morgan fingerprint density at radius 3 is 2.19 bits per heavy atom. The SMILES string of the molecule is COC(=O)C[C@H](C(=O)N1CCC[C@H]1c1ncc(-c2ccc(-c3ccc(-c4cnc([C@@H]5Cc6cccc7c6N5C(=O)[C@@H](NC(=O)OC)CC7)[nH]4)cc3)nc2)[nH]1)C(C)C. The Bertz CT molecular complexity index is 2300. The quantitative estimate of drug-likeness (QED) is 0.137. The normalized spacial score (nSPS) is 19.3. The van der Waals surface area contributed by atoms with E-state index in [0.29, 0.717) is 31.6 Å². The maximum absolute atomic E-state index is 13.9. The van der Waals surface area contributed by atoms with E-state index in [1.54, 1.807) is 17.3 Å². The van der Waals surface area contributed by atoms with Crippen molar-refractivity contribution in [1.29, 1.82) is 0 Å². The fraction of sp³-hybridized carbons (Fsp3) is 0.372. The van der Waals surface area contributed by atoms with E-state index in [0.717, 1.165) is 69.3 Å². The van der Waals surface area contributed by atoms with Crippen LogP contribution in [-0.2, 0) is 36.7 Å². The van der Waals surface area contributed by atoms with Crippen LogP contribution in [0.3, 0.4) is 0 Å². The van der Waals surface area contributed by atoms with Crippen LogP contribution in [0.5, 0.6) is 0 Å². The van der Waals surface area contributed by atoms with Crippen LogP contribution in [-0.4, -0.2) is 80.5 Å². The maximum atomic E-state index is 13.9. The molecule has 3 amide bonds. The molecule has 14 nitrogen and oxygen atoms in total. The van der Waals surface area contributed by atoms with Crippen molar-refractivity contribution in [3.63, 3.8) is 0 Å². The van der Waals surface area contributed by atoms with Crippen LogP contribution in [0, 0.1) is 11.8 Å². The zero-order valence-corrected chi connectivity index (χ0v) is 32.5. The number of benzene rings is 2. The molecule has 1 fully saturated rings. The summed E-state index contributed by atoms with van der Waals surface area (Å²) in [7, 11) is 2.64. The molecular formula is C43H46N8O6. The molecule has 2 aromatic carbocycles. The third kappa shape index (κ3) is 7.27. The first kappa shape index (κ1) is 37.6. The van der Waals surface area contributed by atoms with Gasteiger partial charge in [-0.2, -0.15) is 0 Å². The summed E-state index contributed by atoms with van der Waals surface area (Å²) in [5.41, 5.74) is 8.27. The van der Waals surface area contributed by atoms with Crippen LogP contribution in [0.1, 0.15) is 74.4 Å². The highest BCUT2D eigenvalue weighted by Gasteiger charge is 2.43. The van der Waals surface area contributed by atoms with Crippen molar-refractivity contribution in [1.82, 2.24) is 35.1 Å². The standard InChI is InChI=1S/C43H46N8O6/c1-24(2)30(20-37(52)56-3)41(53)50-18-6-9-35(50)39-45-23-34(48-39)29-15-16-31(44-21-29)25-10-12-26(13-11-25)33-22-46-40(47-33)36-19-28-8-5-7-27-14-17-32(49-43(55)57-4)42(54)51(36)38(27)28/h5,7-8,10-13,15-16,21-24,30,32,35-36H,6,9,14,17-20H2,1-4H3,(H,45,48)(H,46,47)(H,49,55)/t30-,32-,35-,36-/m0/s1. The van der Waals surface area contributed by atoms with E-state index >= 15 is 0 Å². The van der Waals surface area contributed by atoms with Gasteiger partial charge in [0, 0.05) is 30.3 Å². The number of carbonyl (C=O) groups is 4. The molecule has 0 saturated carbocycles. The second-order valence-corrected chi connectivity index (χ2v) is 15.3. The lowest BCUT2D eigenvalue weighted by Crippen LogP contribution is -2.48. The van der Waals surface area contributed by atoms with E-state index in [-0.39, 0.29) is 42.2 Å². The highest BCUT2D eigenvalue weighted by Crippen LogP contribution is 2.44. The summed E-state index contributed by atoms with van der Waals surface area (Å²) < 4.78 is 9.67. The van der Waals surface area contributed by atoms with Crippen LogP contribution in [0.2, 0.25) is 0 Å². The lowest BCUT2D eigenvalue weighted by atomic mass is 9.91. The molecule has 3 N–H and O–H groups in total. The van der Waals surface area contributed by atoms with Crippen molar-refractivity contribution in [3.8, 4) is 33.8 Å². The molecular weight excluding hydrogens is 725 g/mol. The molecule has 294 valence electrons. The van der Waals surface area contributed by atoms with E-state index in [4.69, 9.17) is 19.4 Å². The van der Waals surface area contributed by atoms with Gasteiger partial charge in [-0.1, -0.05) is 56.3 Å². The maximum Gasteiger partial charge on any atom is 0.407 e. The Hall–Kier alpha value is -6.31. The lowest BCUT2D eigenvalue weighted by Gasteiger charge is -2.29. The molecule has 5 aromatic rings. The smallest absolute Gasteiger partial charge is 0.407 e. The molecule has 8 rings (SSSR count). The van der Waals surface area contributed by atoms with Crippen LogP contribution in [0.4, 0.5) is 10.5 Å². The number of likely N-dealkylation sites (tertiary alicyclic amines) is 1. The topological polar surface area (TPSA) is 175 Å². The van der Waals surface area contributed by atoms with Crippen LogP contribution in [0.25, 0.3) is 33.8 Å². The number of nitrogens with zero attached hydrogens (tertiary/aromatic N) is 5. The number of rotatable bonds is 10. The number of ether oxygens (including phenoxy) is 2. The van der Waals surface area contributed by atoms with Crippen LogP contribution < -0.4 is 10.2 Å². The summed E-state index contributed by atoms with van der Waals surface area (Å²) >= 11 is 0. The van der Waals surface area contributed by atoms with Gasteiger partial charge < -0.3 is 29.7 Å². The van der Waals surface area contributed by atoms with Crippen molar-refractivity contribution < 1.29 is 28.7 Å². The van der Waals surface area contributed by atoms with Crippen molar-refractivity contribution in [2.24, 2.45) is 11.8 Å². The Balaban J connectivity index is 0.951. The van der Waals surface area contributed by atoms with Gasteiger partial charge >= 0.3 is 12.1 Å². The number of para-hydroxylation sites is 1. The highest BCUT2D eigenvalue weighted by atomic mass is 16.5. The number of aromatic amines is 2. The van der Waals surface area contributed by atoms with Crippen molar-refractivity contribution in [3.05, 3.63) is 96.0 Å². The summed E-state index contributed by atoms with van der Waals surface area (Å²) in [5.74, 6) is 0.335.